The molecule has 0 spiro atoms. The minimum absolute atomic E-state index is 0.479. The van der Waals surface area contributed by atoms with E-state index in [1.807, 2.05) is 7.05 Å². The summed E-state index contributed by atoms with van der Waals surface area (Å²) in [5.41, 5.74) is 2.75. The molecule has 2 N–H and O–H groups in total. The highest BCUT2D eigenvalue weighted by Crippen LogP contribution is 2.20. The molecule has 5 heteroatoms. The Labute approximate surface area is 161 Å². The molecular formula is C21H30N4S. The molecule has 2 heterocycles. The SMILES string of the molecule is CN=C(NCc1sccc1C)NC1CCN(Cc2ccccc2)C(C)C1. The van der Waals surface area contributed by atoms with Gasteiger partial charge in [-0.1, -0.05) is 30.3 Å². The van der Waals surface area contributed by atoms with Gasteiger partial charge in [0.25, 0.3) is 0 Å². The van der Waals surface area contributed by atoms with Crippen molar-refractivity contribution in [1.29, 1.82) is 0 Å². The van der Waals surface area contributed by atoms with Crippen LogP contribution in [0.1, 0.15) is 35.8 Å². The number of nitrogens with zero attached hydrogens (tertiary/aromatic N) is 2. The molecule has 0 bridgehead atoms. The van der Waals surface area contributed by atoms with Crippen LogP contribution in [-0.4, -0.2) is 36.5 Å². The Balaban J connectivity index is 1.47. The number of nitrogens with one attached hydrogen (secondary N) is 2. The molecule has 1 aliphatic rings. The lowest BCUT2D eigenvalue weighted by atomic mass is 9.97. The maximum atomic E-state index is 4.41. The van der Waals surface area contributed by atoms with Crippen LogP contribution in [0.2, 0.25) is 0 Å². The number of hydrogen-bond acceptors (Lipinski definition) is 3. The minimum Gasteiger partial charge on any atom is -0.354 e. The number of benzene rings is 1. The number of aliphatic imine (C=N–C) groups is 1. The highest BCUT2D eigenvalue weighted by molar-refractivity contribution is 7.10. The smallest absolute Gasteiger partial charge is 0.191 e. The third kappa shape index (κ3) is 5.08. The number of rotatable bonds is 5. The second-order valence-corrected chi connectivity index (χ2v) is 8.12. The molecule has 0 radical (unpaired) electrons. The average Bonchev–Trinajstić information content (AvgIpc) is 3.06. The molecule has 1 aromatic heterocycles. The molecule has 4 nitrogen and oxygen atoms in total. The molecule has 1 fully saturated rings. The second kappa shape index (κ2) is 9.19. The molecule has 2 unspecified atom stereocenters. The van der Waals surface area contributed by atoms with E-state index in [1.165, 1.54) is 16.0 Å². The largest absolute Gasteiger partial charge is 0.354 e. The highest BCUT2D eigenvalue weighted by Gasteiger charge is 2.25. The molecule has 3 rings (SSSR count). The number of likely N-dealkylation sites (tertiary alicyclic amines) is 1. The summed E-state index contributed by atoms with van der Waals surface area (Å²) in [5.74, 6) is 0.909. The van der Waals surface area contributed by atoms with Gasteiger partial charge in [0.15, 0.2) is 5.96 Å². The Kier molecular flexibility index (Phi) is 6.69. The summed E-state index contributed by atoms with van der Waals surface area (Å²) in [7, 11) is 1.85. The van der Waals surface area contributed by atoms with Gasteiger partial charge in [-0.2, -0.15) is 0 Å². The summed E-state index contributed by atoms with van der Waals surface area (Å²) in [6, 6.07) is 14.0. The average molecular weight is 371 g/mol. The van der Waals surface area contributed by atoms with Crippen molar-refractivity contribution >= 4 is 17.3 Å². The van der Waals surface area contributed by atoms with Gasteiger partial charge in [-0.05, 0) is 49.3 Å². The minimum atomic E-state index is 0.479. The van der Waals surface area contributed by atoms with Gasteiger partial charge >= 0.3 is 0 Å². The van der Waals surface area contributed by atoms with Crippen molar-refractivity contribution in [3.63, 3.8) is 0 Å². The van der Waals surface area contributed by atoms with E-state index >= 15 is 0 Å². The van der Waals surface area contributed by atoms with E-state index in [0.717, 1.165) is 38.4 Å². The molecule has 0 aliphatic carbocycles. The first-order valence-corrected chi connectivity index (χ1v) is 10.3. The topological polar surface area (TPSA) is 39.7 Å². The number of aryl methyl sites for hydroxylation is 1. The summed E-state index contributed by atoms with van der Waals surface area (Å²) >= 11 is 1.80. The van der Waals surface area contributed by atoms with Crippen LogP contribution in [0.4, 0.5) is 0 Å². The first kappa shape index (κ1) is 18.9. The van der Waals surface area contributed by atoms with E-state index in [0.29, 0.717) is 12.1 Å². The number of hydrogen-bond donors (Lipinski definition) is 2. The lowest BCUT2D eigenvalue weighted by Gasteiger charge is -2.38. The zero-order valence-corrected chi connectivity index (χ0v) is 16.9. The van der Waals surface area contributed by atoms with E-state index in [1.54, 1.807) is 11.3 Å². The van der Waals surface area contributed by atoms with E-state index in [-0.39, 0.29) is 0 Å². The zero-order valence-electron chi connectivity index (χ0n) is 16.0. The van der Waals surface area contributed by atoms with Gasteiger partial charge in [0, 0.05) is 37.1 Å². The lowest BCUT2D eigenvalue weighted by molar-refractivity contribution is 0.134. The summed E-state index contributed by atoms with van der Waals surface area (Å²) < 4.78 is 0. The van der Waals surface area contributed by atoms with Gasteiger partial charge in [0.05, 0.1) is 6.54 Å². The van der Waals surface area contributed by atoms with E-state index in [9.17, 15) is 0 Å². The van der Waals surface area contributed by atoms with E-state index < -0.39 is 0 Å². The van der Waals surface area contributed by atoms with E-state index in [2.05, 4.69) is 76.2 Å². The van der Waals surface area contributed by atoms with Crippen molar-refractivity contribution in [2.24, 2.45) is 4.99 Å². The Hall–Kier alpha value is -1.85. The maximum absolute atomic E-state index is 4.41. The van der Waals surface area contributed by atoms with Crippen molar-refractivity contribution in [1.82, 2.24) is 15.5 Å². The van der Waals surface area contributed by atoms with E-state index in [4.69, 9.17) is 0 Å². The second-order valence-electron chi connectivity index (χ2n) is 7.12. The van der Waals surface area contributed by atoms with Gasteiger partial charge in [-0.25, -0.2) is 0 Å². The Morgan fingerprint density at radius 2 is 2.08 bits per heavy atom. The standard InChI is InChI=1S/C21H30N4S/c1-16-10-12-26-20(16)14-23-21(22-3)24-19-9-11-25(17(2)13-19)15-18-7-5-4-6-8-18/h4-8,10,12,17,19H,9,11,13-15H2,1-3H3,(H2,22,23,24). The van der Waals surface area contributed by atoms with Gasteiger partial charge in [0.1, 0.15) is 0 Å². The summed E-state index contributed by atoms with van der Waals surface area (Å²) in [4.78, 5) is 8.36. The Morgan fingerprint density at radius 3 is 2.73 bits per heavy atom. The third-order valence-corrected chi connectivity index (χ3v) is 6.21. The van der Waals surface area contributed by atoms with Gasteiger partial charge in [-0.15, -0.1) is 11.3 Å². The summed E-state index contributed by atoms with van der Waals surface area (Å²) in [6.45, 7) is 7.50. The van der Waals surface area contributed by atoms with Crippen LogP contribution in [0.25, 0.3) is 0 Å². The first-order chi connectivity index (χ1) is 12.7. The van der Waals surface area contributed by atoms with Crippen LogP contribution in [0.3, 0.4) is 0 Å². The monoisotopic (exact) mass is 370 g/mol. The van der Waals surface area contributed by atoms with Gasteiger partial charge in [0.2, 0.25) is 0 Å². The number of guanidine groups is 1. The number of thiophene rings is 1. The lowest BCUT2D eigenvalue weighted by Crippen LogP contribution is -2.51. The molecule has 1 saturated heterocycles. The molecule has 0 amide bonds. The molecule has 2 aromatic rings. The quantitative estimate of drug-likeness (QED) is 0.622. The van der Waals surface area contributed by atoms with Crippen molar-refractivity contribution in [3.8, 4) is 0 Å². The van der Waals surface area contributed by atoms with Gasteiger partial charge in [-0.3, -0.25) is 9.89 Å². The predicted octanol–water partition coefficient (Wildman–Crippen LogP) is 3.77. The molecule has 140 valence electrons. The highest BCUT2D eigenvalue weighted by atomic mass is 32.1. The summed E-state index contributed by atoms with van der Waals surface area (Å²) in [6.07, 6.45) is 2.29. The van der Waals surface area contributed by atoms with Crippen LogP contribution >= 0.6 is 11.3 Å². The molecular weight excluding hydrogens is 340 g/mol. The maximum Gasteiger partial charge on any atom is 0.191 e. The van der Waals surface area contributed by atoms with Crippen LogP contribution < -0.4 is 10.6 Å². The van der Waals surface area contributed by atoms with Crippen molar-refractivity contribution in [2.75, 3.05) is 13.6 Å². The van der Waals surface area contributed by atoms with Crippen molar-refractivity contribution < 1.29 is 0 Å². The molecule has 1 aromatic carbocycles. The fourth-order valence-corrected chi connectivity index (χ4v) is 4.39. The number of piperidine rings is 1. The van der Waals surface area contributed by atoms with Crippen LogP contribution in [-0.2, 0) is 13.1 Å². The molecule has 1 aliphatic heterocycles. The Morgan fingerprint density at radius 1 is 1.27 bits per heavy atom. The first-order valence-electron chi connectivity index (χ1n) is 9.44. The molecule has 0 saturated carbocycles. The van der Waals surface area contributed by atoms with Gasteiger partial charge < -0.3 is 10.6 Å². The molecule has 2 atom stereocenters. The Bertz CT molecular complexity index is 710. The van der Waals surface area contributed by atoms with Crippen molar-refractivity contribution in [3.05, 3.63) is 57.8 Å². The fourth-order valence-electron chi connectivity index (χ4n) is 3.54. The fraction of sp³-hybridized carbons (Fsp3) is 0.476. The normalized spacial score (nSPS) is 21.6. The summed E-state index contributed by atoms with van der Waals surface area (Å²) in [5, 5.41) is 9.23. The van der Waals surface area contributed by atoms with Crippen LogP contribution in [0.5, 0.6) is 0 Å². The van der Waals surface area contributed by atoms with Crippen LogP contribution in [0, 0.1) is 6.92 Å². The predicted molar refractivity (Wildman–Crippen MR) is 112 cm³/mol. The third-order valence-electron chi connectivity index (χ3n) is 5.19. The molecule has 26 heavy (non-hydrogen) atoms. The van der Waals surface area contributed by atoms with Crippen molar-refractivity contribution in [2.45, 2.75) is 51.9 Å². The van der Waals surface area contributed by atoms with Crippen LogP contribution in [0.15, 0.2) is 46.8 Å². The zero-order chi connectivity index (χ0) is 18.4.